The van der Waals surface area contributed by atoms with Crippen molar-refractivity contribution in [2.45, 2.75) is 70.0 Å². The topological polar surface area (TPSA) is 62.2 Å². The van der Waals surface area contributed by atoms with E-state index < -0.39 is 6.29 Å². The lowest BCUT2D eigenvalue weighted by molar-refractivity contribution is -0.157. The normalized spacial score (nSPS) is 23.4. The van der Waals surface area contributed by atoms with E-state index >= 15 is 0 Å². The second kappa shape index (κ2) is 12.6. The van der Waals surface area contributed by atoms with Gasteiger partial charge in [0.05, 0.1) is 13.2 Å². The Morgan fingerprint density at radius 3 is 2.30 bits per heavy atom. The highest BCUT2D eigenvalue weighted by Gasteiger charge is 2.33. The molecule has 5 rings (SSSR count). The number of amides is 1. The maximum Gasteiger partial charge on any atom is 0.288 e. The van der Waals surface area contributed by atoms with Crippen LogP contribution in [0.5, 0.6) is 0 Å². The number of carbonyl (C=O) groups is 1. The molecule has 0 unspecified atom stereocenters. The van der Waals surface area contributed by atoms with E-state index in [9.17, 15) is 9.90 Å². The first-order valence-corrected chi connectivity index (χ1v) is 14.4. The number of halogens is 1. The summed E-state index contributed by atoms with van der Waals surface area (Å²) in [6.07, 6.45) is 8.10. The number of rotatable bonds is 7. The van der Waals surface area contributed by atoms with Gasteiger partial charge in [0.1, 0.15) is 0 Å². The molecule has 3 aliphatic rings. The van der Waals surface area contributed by atoms with Crippen LogP contribution in [0.1, 0.15) is 61.1 Å². The number of benzene rings is 2. The van der Waals surface area contributed by atoms with Gasteiger partial charge < -0.3 is 24.4 Å². The molecule has 2 aromatic carbocycles. The van der Waals surface area contributed by atoms with E-state index in [1.54, 1.807) is 0 Å². The van der Waals surface area contributed by atoms with Gasteiger partial charge in [-0.1, -0.05) is 58.7 Å². The summed E-state index contributed by atoms with van der Waals surface area (Å²) in [5.74, 6) is 0.407. The summed E-state index contributed by atoms with van der Waals surface area (Å²) in [6.45, 7) is 4.34. The smallest absolute Gasteiger partial charge is 0.288 e. The zero-order valence-corrected chi connectivity index (χ0v) is 22.9. The van der Waals surface area contributed by atoms with Gasteiger partial charge in [0.25, 0.3) is 5.91 Å². The minimum atomic E-state index is -0.513. The Bertz CT molecular complexity index is 1060. The van der Waals surface area contributed by atoms with Gasteiger partial charge in [-0.2, -0.15) is 0 Å². The molecular formula is C30H37BrN2O4. The molecule has 2 saturated heterocycles. The number of nitrogens with zero attached hydrogens (tertiary/aromatic N) is 2. The summed E-state index contributed by atoms with van der Waals surface area (Å²) in [5, 5.41) is 9.29. The lowest BCUT2D eigenvalue weighted by atomic mass is 9.92. The van der Waals surface area contributed by atoms with Crippen molar-refractivity contribution in [1.29, 1.82) is 0 Å². The quantitative estimate of drug-likeness (QED) is 0.488. The molecule has 3 aliphatic heterocycles. The molecule has 1 N–H and O–H groups in total. The zero-order valence-electron chi connectivity index (χ0n) is 21.4. The van der Waals surface area contributed by atoms with Crippen LogP contribution in [0.15, 0.2) is 64.8 Å². The van der Waals surface area contributed by atoms with Crippen LogP contribution in [-0.2, 0) is 27.5 Å². The number of ether oxygens (including phenoxy) is 2. The molecule has 0 saturated carbocycles. The summed E-state index contributed by atoms with van der Waals surface area (Å²) < 4.78 is 13.4. The van der Waals surface area contributed by atoms with Crippen LogP contribution in [0.25, 0.3) is 0 Å². The molecule has 0 spiro atoms. The van der Waals surface area contributed by atoms with Crippen molar-refractivity contribution in [2.24, 2.45) is 0 Å². The number of hydrogen-bond donors (Lipinski definition) is 1. The maximum absolute atomic E-state index is 13.6. The minimum Gasteiger partial charge on any atom is -0.459 e. The number of allylic oxidation sites excluding steroid dienone is 1. The Balaban J connectivity index is 1.26. The molecule has 2 aromatic rings. The van der Waals surface area contributed by atoms with Crippen LogP contribution < -0.4 is 0 Å². The number of aliphatic hydroxyl groups is 1. The van der Waals surface area contributed by atoms with Gasteiger partial charge in [0.15, 0.2) is 5.76 Å². The average molecular weight is 570 g/mol. The van der Waals surface area contributed by atoms with Gasteiger partial charge in [0.2, 0.25) is 6.29 Å². The van der Waals surface area contributed by atoms with Crippen molar-refractivity contribution in [3.63, 3.8) is 0 Å². The molecule has 2 atom stereocenters. The third-order valence-electron chi connectivity index (χ3n) is 7.87. The maximum atomic E-state index is 13.6. The highest BCUT2D eigenvalue weighted by molar-refractivity contribution is 9.10. The van der Waals surface area contributed by atoms with Gasteiger partial charge in [-0.25, -0.2) is 0 Å². The number of likely N-dealkylation sites (tertiary alicyclic amines) is 2. The Kier molecular flexibility index (Phi) is 8.98. The van der Waals surface area contributed by atoms with Gasteiger partial charge in [-0.05, 0) is 73.7 Å². The standard InChI is InChI=1S/C30H37BrN2O4/c31-26-10-8-24(9-11-26)25-18-28(37-29(19-25)36-21-23-6-4-22(20-34)5-7-23)30(35)33-16-12-27(13-17-33)32-14-2-1-3-15-32/h4-11,18,25,27,29,34H,1-3,12-17,19-21H2/t25-,29+/m0/s1. The van der Waals surface area contributed by atoms with Crippen LogP contribution in [0.2, 0.25) is 0 Å². The van der Waals surface area contributed by atoms with E-state index in [1.165, 1.54) is 32.4 Å². The SMILES string of the molecule is O=C(C1=C[C@H](c2ccc(Br)cc2)C[C@H](OCc2ccc(CO)cc2)O1)N1CCC(N2CCCCC2)CC1. The number of carbonyl (C=O) groups excluding carboxylic acids is 1. The van der Waals surface area contributed by atoms with E-state index in [4.69, 9.17) is 9.47 Å². The molecule has 1 amide bonds. The lowest BCUT2D eigenvalue weighted by Gasteiger charge is -2.40. The van der Waals surface area contributed by atoms with Gasteiger partial charge in [-0.3, -0.25) is 4.79 Å². The average Bonchev–Trinajstić information content (AvgIpc) is 2.97. The first-order valence-electron chi connectivity index (χ1n) is 13.6. The molecule has 6 nitrogen and oxygen atoms in total. The molecule has 0 aromatic heterocycles. The van der Waals surface area contributed by atoms with Crippen molar-refractivity contribution < 1.29 is 19.4 Å². The third-order valence-corrected chi connectivity index (χ3v) is 8.40. The largest absolute Gasteiger partial charge is 0.459 e. The molecule has 198 valence electrons. The van der Waals surface area contributed by atoms with Crippen LogP contribution in [0, 0.1) is 0 Å². The Hall–Kier alpha value is -2.19. The van der Waals surface area contributed by atoms with Crippen molar-refractivity contribution in [3.8, 4) is 0 Å². The summed E-state index contributed by atoms with van der Waals surface area (Å²) in [7, 11) is 0. The molecule has 2 fully saturated rings. The minimum absolute atomic E-state index is 0.0211. The number of aliphatic hydroxyl groups excluding tert-OH is 1. The molecule has 7 heteroatoms. The first kappa shape index (κ1) is 26.4. The van der Waals surface area contributed by atoms with Gasteiger partial charge in [0, 0.05) is 35.9 Å². The fourth-order valence-electron chi connectivity index (χ4n) is 5.66. The Morgan fingerprint density at radius 2 is 1.62 bits per heavy atom. The molecule has 3 heterocycles. The van der Waals surface area contributed by atoms with E-state index in [0.717, 1.165) is 47.1 Å². The van der Waals surface area contributed by atoms with Crippen LogP contribution in [0.4, 0.5) is 0 Å². The molecule has 0 radical (unpaired) electrons. The number of piperidine rings is 2. The fraction of sp³-hybridized carbons (Fsp3) is 0.500. The summed E-state index contributed by atoms with van der Waals surface area (Å²) in [5.41, 5.74) is 3.01. The van der Waals surface area contributed by atoms with Crippen LogP contribution >= 0.6 is 15.9 Å². The van der Waals surface area contributed by atoms with Crippen molar-refractivity contribution in [3.05, 3.63) is 81.5 Å². The first-order chi connectivity index (χ1) is 18.1. The summed E-state index contributed by atoms with van der Waals surface area (Å²) in [4.78, 5) is 18.2. The second-order valence-electron chi connectivity index (χ2n) is 10.4. The van der Waals surface area contributed by atoms with E-state index in [-0.39, 0.29) is 18.4 Å². The Labute approximate surface area is 228 Å². The van der Waals surface area contributed by atoms with Crippen molar-refractivity contribution >= 4 is 21.8 Å². The predicted molar refractivity (Wildman–Crippen MR) is 147 cm³/mol. The van der Waals surface area contributed by atoms with Crippen molar-refractivity contribution in [2.75, 3.05) is 26.2 Å². The summed E-state index contributed by atoms with van der Waals surface area (Å²) >= 11 is 3.52. The van der Waals surface area contributed by atoms with E-state index in [1.807, 2.05) is 47.4 Å². The lowest BCUT2D eigenvalue weighted by Crippen LogP contribution is -2.49. The number of hydrogen-bond acceptors (Lipinski definition) is 5. The van der Waals surface area contributed by atoms with E-state index in [0.29, 0.717) is 24.8 Å². The molecular weight excluding hydrogens is 532 g/mol. The second-order valence-corrected chi connectivity index (χ2v) is 11.3. The fourth-order valence-corrected chi connectivity index (χ4v) is 5.92. The molecule has 37 heavy (non-hydrogen) atoms. The van der Waals surface area contributed by atoms with E-state index in [2.05, 4.69) is 33.0 Å². The summed E-state index contributed by atoms with van der Waals surface area (Å²) in [6, 6.07) is 16.5. The van der Waals surface area contributed by atoms with Crippen LogP contribution in [0.3, 0.4) is 0 Å². The highest BCUT2D eigenvalue weighted by atomic mass is 79.9. The molecule has 0 bridgehead atoms. The third kappa shape index (κ3) is 6.82. The monoisotopic (exact) mass is 568 g/mol. The highest BCUT2D eigenvalue weighted by Crippen LogP contribution is 2.33. The van der Waals surface area contributed by atoms with Crippen molar-refractivity contribution in [1.82, 2.24) is 9.80 Å². The predicted octanol–water partition coefficient (Wildman–Crippen LogP) is 5.35. The van der Waals surface area contributed by atoms with Crippen LogP contribution in [-0.4, -0.2) is 59.3 Å². The Morgan fingerprint density at radius 1 is 0.946 bits per heavy atom. The van der Waals surface area contributed by atoms with Gasteiger partial charge in [-0.15, -0.1) is 0 Å². The zero-order chi connectivity index (χ0) is 25.6. The molecule has 0 aliphatic carbocycles. The van der Waals surface area contributed by atoms with Gasteiger partial charge >= 0.3 is 0 Å².